The van der Waals surface area contributed by atoms with E-state index in [1.807, 2.05) is 43.3 Å². The molecule has 182 valence electrons. The molecular weight excluding hydrogens is 444 g/mol. The van der Waals surface area contributed by atoms with Gasteiger partial charge >= 0.3 is 0 Å². The summed E-state index contributed by atoms with van der Waals surface area (Å²) in [5, 5.41) is 0. The lowest BCUT2D eigenvalue weighted by molar-refractivity contribution is -0.133. The first-order chi connectivity index (χ1) is 16.1. The number of hydrogen-bond acceptors (Lipinski definition) is 4. The van der Waals surface area contributed by atoms with Crippen LogP contribution >= 0.6 is 0 Å². The van der Waals surface area contributed by atoms with Crippen molar-refractivity contribution in [3.05, 3.63) is 71.8 Å². The van der Waals surface area contributed by atoms with Gasteiger partial charge in [0.1, 0.15) is 0 Å². The quantitative estimate of drug-likeness (QED) is 0.577. The maximum atomic E-state index is 13.7. The van der Waals surface area contributed by atoms with Crippen molar-refractivity contribution in [3.8, 4) is 0 Å². The molecule has 0 aromatic heterocycles. The zero-order chi connectivity index (χ0) is 24.1. The Labute approximate surface area is 204 Å². The Hall–Kier alpha value is -2.18. The molecule has 5 rings (SSSR count). The molecule has 1 aliphatic heterocycles. The summed E-state index contributed by atoms with van der Waals surface area (Å²) in [5.41, 5.74) is 2.05. The fourth-order valence-corrected chi connectivity index (χ4v) is 9.76. The third-order valence-electron chi connectivity index (χ3n) is 9.08. The van der Waals surface area contributed by atoms with Crippen LogP contribution in [0.3, 0.4) is 0 Å². The number of hydrogen-bond donors (Lipinski definition) is 0. The van der Waals surface area contributed by atoms with Gasteiger partial charge in [-0.25, -0.2) is 12.7 Å². The third-order valence-corrected chi connectivity index (χ3v) is 11.0. The molecule has 5 nitrogen and oxygen atoms in total. The SMILES string of the molecule is C[C@H](CN(Cc1ccccc1)Cc1ccccc1)C(=O)N1[C@H]2C[C@@H]3CC[C@@]2(CS1(=O)=O)C3(C)C. The predicted molar refractivity (Wildman–Crippen MR) is 134 cm³/mol. The molecule has 34 heavy (non-hydrogen) atoms. The van der Waals surface area contributed by atoms with Gasteiger partial charge in [0.05, 0.1) is 11.8 Å². The van der Waals surface area contributed by atoms with Gasteiger partial charge < -0.3 is 0 Å². The molecule has 1 heterocycles. The summed E-state index contributed by atoms with van der Waals surface area (Å²) in [5.74, 6) is 0.00638. The third kappa shape index (κ3) is 3.79. The maximum absolute atomic E-state index is 13.7. The summed E-state index contributed by atoms with van der Waals surface area (Å²) in [6.07, 6.45) is 2.82. The van der Waals surface area contributed by atoms with Crippen LogP contribution < -0.4 is 0 Å². The molecule has 2 aromatic rings. The molecular formula is C28H36N2O3S. The fourth-order valence-electron chi connectivity index (χ4n) is 7.13. The lowest BCUT2D eigenvalue weighted by Crippen LogP contribution is -2.47. The summed E-state index contributed by atoms with van der Waals surface area (Å²) in [6, 6.07) is 20.3. The molecule has 0 unspecified atom stereocenters. The normalized spacial score (nSPS) is 29.4. The summed E-state index contributed by atoms with van der Waals surface area (Å²) in [4.78, 5) is 16.0. The lowest BCUT2D eigenvalue weighted by atomic mass is 9.69. The molecule has 1 saturated heterocycles. The van der Waals surface area contributed by atoms with E-state index in [0.29, 0.717) is 25.6 Å². The Bertz CT molecular complexity index is 1110. The predicted octanol–water partition coefficient (Wildman–Crippen LogP) is 4.69. The molecule has 2 aliphatic carbocycles. The van der Waals surface area contributed by atoms with E-state index in [2.05, 4.69) is 43.0 Å². The molecule has 3 fully saturated rings. The first-order valence-corrected chi connectivity index (χ1v) is 14.1. The topological polar surface area (TPSA) is 57.7 Å². The summed E-state index contributed by atoms with van der Waals surface area (Å²) in [6.45, 7) is 8.27. The van der Waals surface area contributed by atoms with Crippen LogP contribution in [0.1, 0.15) is 51.2 Å². The minimum atomic E-state index is -3.59. The summed E-state index contributed by atoms with van der Waals surface area (Å²) in [7, 11) is -3.59. The van der Waals surface area contributed by atoms with Gasteiger partial charge in [0.2, 0.25) is 15.9 Å². The van der Waals surface area contributed by atoms with Gasteiger partial charge in [0.15, 0.2) is 0 Å². The van der Waals surface area contributed by atoms with Crippen LogP contribution in [-0.2, 0) is 27.9 Å². The van der Waals surface area contributed by atoms with Crippen molar-refractivity contribution in [2.75, 3.05) is 12.3 Å². The average Bonchev–Trinajstić information content (AvgIpc) is 3.28. The number of sulfonamides is 1. The Kier molecular flexibility index (Phi) is 5.88. The van der Waals surface area contributed by atoms with Gasteiger partial charge in [-0.05, 0) is 41.7 Å². The zero-order valence-electron chi connectivity index (χ0n) is 20.5. The van der Waals surface area contributed by atoms with Gasteiger partial charge in [-0.1, -0.05) is 81.4 Å². The molecule has 0 N–H and O–H groups in total. The van der Waals surface area contributed by atoms with E-state index in [4.69, 9.17) is 0 Å². The average molecular weight is 481 g/mol. The molecule has 1 spiro atoms. The highest BCUT2D eigenvalue weighted by atomic mass is 32.2. The second kappa shape index (κ2) is 8.49. The van der Waals surface area contributed by atoms with E-state index >= 15 is 0 Å². The van der Waals surface area contributed by atoms with E-state index in [1.54, 1.807) is 0 Å². The van der Waals surface area contributed by atoms with Crippen LogP contribution in [0, 0.1) is 22.7 Å². The highest BCUT2D eigenvalue weighted by Gasteiger charge is 2.72. The van der Waals surface area contributed by atoms with E-state index in [9.17, 15) is 13.2 Å². The van der Waals surface area contributed by atoms with E-state index in [1.165, 1.54) is 15.4 Å². The Balaban J connectivity index is 1.37. The first-order valence-electron chi connectivity index (χ1n) is 12.5. The standard InChI is InChI=1S/C28H36N2O3S/c1-21(17-29(18-22-10-6-4-7-11-22)19-23-12-8-5-9-13-23)26(31)30-25-16-24-14-15-28(25,27(24,2)3)20-34(30,32)33/h4-13,21,24-25H,14-20H2,1-3H3/t21-,24+,25+,28+/m1/s1. The van der Waals surface area contributed by atoms with Gasteiger partial charge in [0.25, 0.3) is 0 Å². The van der Waals surface area contributed by atoms with E-state index in [-0.39, 0.29) is 28.5 Å². The fraction of sp³-hybridized carbons (Fsp3) is 0.536. The van der Waals surface area contributed by atoms with Gasteiger partial charge in [-0.2, -0.15) is 0 Å². The van der Waals surface area contributed by atoms with Crippen molar-refractivity contribution in [1.29, 1.82) is 0 Å². The molecule has 2 bridgehead atoms. The zero-order valence-corrected chi connectivity index (χ0v) is 21.3. The van der Waals surface area contributed by atoms with Gasteiger partial charge in [-0.15, -0.1) is 0 Å². The number of carbonyl (C=O) groups is 1. The Morgan fingerprint density at radius 3 is 2.12 bits per heavy atom. The van der Waals surface area contributed by atoms with Crippen LogP contribution in [0.5, 0.6) is 0 Å². The molecule has 0 radical (unpaired) electrons. The van der Waals surface area contributed by atoms with Crippen molar-refractivity contribution in [2.45, 2.75) is 59.2 Å². The second-order valence-electron chi connectivity index (χ2n) is 11.3. The molecule has 2 saturated carbocycles. The number of benzene rings is 2. The van der Waals surface area contributed by atoms with Crippen molar-refractivity contribution in [1.82, 2.24) is 9.21 Å². The summed E-state index contributed by atoms with van der Waals surface area (Å²) < 4.78 is 28.0. The minimum absolute atomic E-state index is 0.0321. The molecule has 2 aromatic carbocycles. The van der Waals surface area contributed by atoms with E-state index < -0.39 is 15.9 Å². The largest absolute Gasteiger partial charge is 0.294 e. The number of rotatable bonds is 7. The first kappa shape index (κ1) is 23.6. The number of nitrogens with zero attached hydrogens (tertiary/aromatic N) is 2. The van der Waals surface area contributed by atoms with E-state index in [0.717, 1.165) is 19.3 Å². The van der Waals surface area contributed by atoms with Crippen LogP contribution in [0.25, 0.3) is 0 Å². The lowest BCUT2D eigenvalue weighted by Gasteiger charge is -2.37. The Morgan fingerprint density at radius 2 is 1.59 bits per heavy atom. The molecule has 4 atom stereocenters. The van der Waals surface area contributed by atoms with Crippen LogP contribution in [0.2, 0.25) is 0 Å². The number of carbonyl (C=O) groups excluding carboxylic acids is 1. The monoisotopic (exact) mass is 480 g/mol. The smallest absolute Gasteiger partial charge is 0.240 e. The number of fused-ring (bicyclic) bond motifs is 1. The highest BCUT2D eigenvalue weighted by molar-refractivity contribution is 7.90. The highest BCUT2D eigenvalue weighted by Crippen LogP contribution is 2.70. The van der Waals surface area contributed by atoms with Crippen molar-refractivity contribution in [3.63, 3.8) is 0 Å². The van der Waals surface area contributed by atoms with Crippen molar-refractivity contribution >= 4 is 15.9 Å². The number of amides is 1. The maximum Gasteiger partial charge on any atom is 0.240 e. The minimum Gasteiger partial charge on any atom is -0.294 e. The second-order valence-corrected chi connectivity index (χ2v) is 13.1. The van der Waals surface area contributed by atoms with Crippen molar-refractivity contribution < 1.29 is 13.2 Å². The van der Waals surface area contributed by atoms with Crippen molar-refractivity contribution in [2.24, 2.45) is 22.7 Å². The van der Waals surface area contributed by atoms with Gasteiger partial charge in [-0.3, -0.25) is 9.69 Å². The van der Waals surface area contributed by atoms with Crippen LogP contribution in [0.15, 0.2) is 60.7 Å². The molecule has 6 heteroatoms. The van der Waals surface area contributed by atoms with Crippen LogP contribution in [0.4, 0.5) is 0 Å². The Morgan fingerprint density at radius 1 is 1.03 bits per heavy atom. The van der Waals surface area contributed by atoms with Gasteiger partial charge in [0, 0.05) is 31.0 Å². The molecule has 3 aliphatic rings. The molecule has 1 amide bonds. The van der Waals surface area contributed by atoms with Crippen LogP contribution in [-0.4, -0.2) is 41.9 Å². The summed E-state index contributed by atoms with van der Waals surface area (Å²) >= 11 is 0.